The molecule has 1 aliphatic rings. The van der Waals surface area contributed by atoms with Gasteiger partial charge in [-0.25, -0.2) is 0 Å². The summed E-state index contributed by atoms with van der Waals surface area (Å²) in [7, 11) is 1.93. The summed E-state index contributed by atoms with van der Waals surface area (Å²) in [6.07, 6.45) is 4.33. The molecule has 0 aliphatic heterocycles. The van der Waals surface area contributed by atoms with Crippen LogP contribution >= 0.6 is 0 Å². The van der Waals surface area contributed by atoms with Crippen LogP contribution in [0.3, 0.4) is 0 Å². The van der Waals surface area contributed by atoms with Gasteiger partial charge < -0.3 is 5.32 Å². The van der Waals surface area contributed by atoms with Gasteiger partial charge in [-0.3, -0.25) is 4.79 Å². The minimum Gasteiger partial charge on any atom is -0.320 e. The predicted molar refractivity (Wildman–Crippen MR) is 63.6 cm³/mol. The lowest BCUT2D eigenvalue weighted by Gasteiger charge is -2.22. The van der Waals surface area contributed by atoms with E-state index in [0.29, 0.717) is 11.7 Å². The van der Waals surface area contributed by atoms with E-state index in [9.17, 15) is 4.79 Å². The van der Waals surface area contributed by atoms with Crippen LogP contribution in [0.25, 0.3) is 0 Å². The van der Waals surface area contributed by atoms with E-state index < -0.39 is 0 Å². The summed E-state index contributed by atoms with van der Waals surface area (Å²) >= 11 is 0. The Morgan fingerprint density at radius 2 is 1.71 bits per heavy atom. The third-order valence-corrected chi connectivity index (χ3v) is 2.26. The molecule has 0 aromatic rings. The fourth-order valence-corrected chi connectivity index (χ4v) is 1.02. The molecular formula is C12H27NO. The summed E-state index contributed by atoms with van der Waals surface area (Å²) in [4.78, 5) is 10.8. The van der Waals surface area contributed by atoms with Gasteiger partial charge in [0.1, 0.15) is 5.78 Å². The summed E-state index contributed by atoms with van der Waals surface area (Å²) in [5, 5.41) is 2.93. The van der Waals surface area contributed by atoms with Crippen molar-refractivity contribution in [3.05, 3.63) is 0 Å². The van der Waals surface area contributed by atoms with Crippen molar-refractivity contribution in [3.63, 3.8) is 0 Å². The number of carbonyl (C=O) groups is 1. The average molecular weight is 201 g/mol. The van der Waals surface area contributed by atoms with Crippen LogP contribution in [0.15, 0.2) is 0 Å². The fraction of sp³-hybridized carbons (Fsp3) is 0.917. The van der Waals surface area contributed by atoms with Crippen molar-refractivity contribution in [1.82, 2.24) is 5.32 Å². The maximum absolute atomic E-state index is 10.8. The zero-order valence-corrected chi connectivity index (χ0v) is 10.5. The van der Waals surface area contributed by atoms with Gasteiger partial charge in [0.05, 0.1) is 0 Å². The SMILES string of the molecule is CC.CCC(=O)C1CCC1.CCNC. The largest absolute Gasteiger partial charge is 0.320 e. The molecule has 0 aromatic carbocycles. The molecular weight excluding hydrogens is 174 g/mol. The first-order chi connectivity index (χ1) is 6.76. The van der Waals surface area contributed by atoms with Gasteiger partial charge in [-0.15, -0.1) is 0 Å². The lowest BCUT2D eigenvalue weighted by Crippen LogP contribution is -2.20. The second-order valence-corrected chi connectivity index (χ2v) is 3.15. The number of Topliss-reactive ketones (excluding diaryl/α,β-unsaturated/α-hetero) is 1. The lowest BCUT2D eigenvalue weighted by molar-refractivity contribution is -0.124. The van der Waals surface area contributed by atoms with Crippen LogP contribution in [-0.4, -0.2) is 19.4 Å². The summed E-state index contributed by atoms with van der Waals surface area (Å²) in [6.45, 7) is 9.08. The van der Waals surface area contributed by atoms with Crippen LogP contribution in [-0.2, 0) is 4.79 Å². The summed E-state index contributed by atoms with van der Waals surface area (Å²) < 4.78 is 0. The van der Waals surface area contributed by atoms with Gasteiger partial charge in [-0.05, 0) is 26.4 Å². The van der Waals surface area contributed by atoms with E-state index in [4.69, 9.17) is 0 Å². The molecule has 0 unspecified atom stereocenters. The molecule has 0 heterocycles. The van der Waals surface area contributed by atoms with Gasteiger partial charge in [0.2, 0.25) is 0 Å². The van der Waals surface area contributed by atoms with E-state index >= 15 is 0 Å². The predicted octanol–water partition coefficient (Wildman–Crippen LogP) is 3.02. The zero-order valence-electron chi connectivity index (χ0n) is 10.5. The molecule has 14 heavy (non-hydrogen) atoms. The topological polar surface area (TPSA) is 29.1 Å². The van der Waals surface area contributed by atoms with Crippen molar-refractivity contribution >= 4 is 5.78 Å². The van der Waals surface area contributed by atoms with E-state index in [0.717, 1.165) is 25.8 Å². The normalized spacial score (nSPS) is 14.1. The zero-order chi connectivity index (χ0) is 11.4. The molecule has 0 amide bonds. The first-order valence-corrected chi connectivity index (χ1v) is 5.93. The smallest absolute Gasteiger partial charge is 0.135 e. The highest BCUT2D eigenvalue weighted by Gasteiger charge is 2.22. The Bertz CT molecular complexity index is 117. The highest BCUT2D eigenvalue weighted by atomic mass is 16.1. The molecule has 86 valence electrons. The minimum absolute atomic E-state index is 0.458. The quantitative estimate of drug-likeness (QED) is 0.760. The Labute approximate surface area is 89.5 Å². The Balaban J connectivity index is 0. The molecule has 0 spiro atoms. The molecule has 0 saturated heterocycles. The van der Waals surface area contributed by atoms with Gasteiger partial charge in [-0.1, -0.05) is 34.1 Å². The van der Waals surface area contributed by atoms with Gasteiger partial charge in [0.15, 0.2) is 0 Å². The number of rotatable bonds is 3. The number of carbonyl (C=O) groups excluding carboxylic acids is 1. The van der Waals surface area contributed by atoms with Crippen molar-refractivity contribution in [2.75, 3.05) is 13.6 Å². The first-order valence-electron chi connectivity index (χ1n) is 5.93. The molecule has 1 rings (SSSR count). The molecule has 0 atom stereocenters. The van der Waals surface area contributed by atoms with Gasteiger partial charge in [0, 0.05) is 12.3 Å². The van der Waals surface area contributed by atoms with Gasteiger partial charge in [-0.2, -0.15) is 0 Å². The summed E-state index contributed by atoms with van der Waals surface area (Å²) in [5.74, 6) is 0.927. The van der Waals surface area contributed by atoms with Crippen LogP contribution in [0.5, 0.6) is 0 Å². The molecule has 0 aromatic heterocycles. The third-order valence-electron chi connectivity index (χ3n) is 2.26. The highest BCUT2D eigenvalue weighted by Crippen LogP contribution is 2.27. The first kappa shape index (κ1) is 16.1. The maximum atomic E-state index is 10.8. The fourth-order valence-electron chi connectivity index (χ4n) is 1.02. The number of ketones is 1. The molecule has 1 fully saturated rings. The second-order valence-electron chi connectivity index (χ2n) is 3.15. The van der Waals surface area contributed by atoms with Crippen LogP contribution in [0.4, 0.5) is 0 Å². The molecule has 1 N–H and O–H groups in total. The monoisotopic (exact) mass is 201 g/mol. The molecule has 1 aliphatic carbocycles. The Morgan fingerprint density at radius 1 is 1.29 bits per heavy atom. The lowest BCUT2D eigenvalue weighted by atomic mass is 9.81. The number of nitrogens with one attached hydrogen (secondary N) is 1. The number of hydrogen-bond donors (Lipinski definition) is 1. The molecule has 2 heteroatoms. The Kier molecular flexibility index (Phi) is 14.5. The van der Waals surface area contributed by atoms with Crippen LogP contribution in [0.2, 0.25) is 0 Å². The van der Waals surface area contributed by atoms with Crippen molar-refractivity contribution in [2.45, 2.75) is 53.4 Å². The van der Waals surface area contributed by atoms with E-state index in [1.54, 1.807) is 0 Å². The molecule has 0 radical (unpaired) electrons. The maximum Gasteiger partial charge on any atom is 0.135 e. The standard InChI is InChI=1S/C7H12O.C3H9N.C2H6/c1-2-7(8)6-4-3-5-6;1-3-4-2;1-2/h6H,2-5H2,1H3;4H,3H2,1-2H3;1-2H3. The molecule has 0 bridgehead atoms. The minimum atomic E-state index is 0.458. The molecule has 2 nitrogen and oxygen atoms in total. The van der Waals surface area contributed by atoms with E-state index in [1.165, 1.54) is 6.42 Å². The van der Waals surface area contributed by atoms with Crippen molar-refractivity contribution in [3.8, 4) is 0 Å². The molecule has 1 saturated carbocycles. The average Bonchev–Trinajstić information content (AvgIpc) is 2.18. The van der Waals surface area contributed by atoms with Crippen LogP contribution < -0.4 is 5.32 Å². The van der Waals surface area contributed by atoms with Crippen molar-refractivity contribution in [1.29, 1.82) is 0 Å². The Hall–Kier alpha value is -0.370. The second kappa shape index (κ2) is 12.6. The van der Waals surface area contributed by atoms with Crippen LogP contribution in [0.1, 0.15) is 53.4 Å². The van der Waals surface area contributed by atoms with E-state index in [-0.39, 0.29) is 0 Å². The van der Waals surface area contributed by atoms with Crippen molar-refractivity contribution < 1.29 is 4.79 Å². The number of hydrogen-bond acceptors (Lipinski definition) is 2. The third kappa shape index (κ3) is 8.24. The Morgan fingerprint density at radius 3 is 1.79 bits per heavy atom. The summed E-state index contributed by atoms with van der Waals surface area (Å²) in [5.41, 5.74) is 0. The van der Waals surface area contributed by atoms with Gasteiger partial charge >= 0.3 is 0 Å². The van der Waals surface area contributed by atoms with E-state index in [1.807, 2.05) is 27.8 Å². The van der Waals surface area contributed by atoms with Crippen LogP contribution in [0, 0.1) is 5.92 Å². The van der Waals surface area contributed by atoms with Crippen molar-refractivity contribution in [2.24, 2.45) is 5.92 Å². The van der Waals surface area contributed by atoms with E-state index in [2.05, 4.69) is 12.2 Å². The summed E-state index contributed by atoms with van der Waals surface area (Å²) in [6, 6.07) is 0. The highest BCUT2D eigenvalue weighted by molar-refractivity contribution is 5.81. The van der Waals surface area contributed by atoms with Gasteiger partial charge in [0.25, 0.3) is 0 Å².